The average molecular weight is 405 g/mol. The molecule has 0 unspecified atom stereocenters. The highest BCUT2D eigenvalue weighted by Crippen LogP contribution is 2.19. The zero-order chi connectivity index (χ0) is 17.6. The lowest BCUT2D eigenvalue weighted by Crippen LogP contribution is -3.12. The normalized spacial score (nSPS) is 15.0. The number of carbonyl (C=O) groups excluding carboxylic acids is 1. The van der Waals surface area contributed by atoms with Crippen LogP contribution in [-0.4, -0.2) is 45.7 Å². The smallest absolute Gasteiger partial charge is 0.262 e. The molecule has 0 aliphatic carbocycles. The quantitative estimate of drug-likeness (QED) is 0.798. The first-order valence-electron chi connectivity index (χ1n) is 8.45. The molecule has 2 aromatic rings. The van der Waals surface area contributed by atoms with Crippen LogP contribution >= 0.6 is 15.9 Å². The lowest BCUT2D eigenvalue weighted by Gasteiger charge is -2.31. The Balaban J connectivity index is 1.50. The lowest BCUT2D eigenvalue weighted by molar-refractivity contribution is -0.880. The Morgan fingerprint density at radius 1 is 1.20 bits per heavy atom. The molecule has 2 aromatic carbocycles. The number of nitrogens with zero attached hydrogens (tertiary/aromatic N) is 1. The van der Waals surface area contributed by atoms with E-state index in [1.807, 2.05) is 36.4 Å². The first-order chi connectivity index (χ1) is 12.1. The van der Waals surface area contributed by atoms with E-state index in [2.05, 4.69) is 45.3 Å². The van der Waals surface area contributed by atoms with Crippen molar-refractivity contribution in [3.05, 3.63) is 53.0 Å². The molecular weight excluding hydrogens is 382 g/mol. The SMILES string of the molecule is C[NH+]1CCN(c2ccc(NC(=O)COc3cccc(Br)c3)cc2)CC1. The molecule has 1 heterocycles. The number of nitrogens with one attached hydrogen (secondary N) is 2. The van der Waals surface area contributed by atoms with E-state index in [1.165, 1.54) is 5.69 Å². The zero-order valence-electron chi connectivity index (χ0n) is 14.3. The van der Waals surface area contributed by atoms with Gasteiger partial charge in [-0.3, -0.25) is 4.79 Å². The fourth-order valence-corrected chi connectivity index (χ4v) is 3.18. The summed E-state index contributed by atoms with van der Waals surface area (Å²) in [5.41, 5.74) is 1.99. The number of piperazine rings is 1. The molecule has 25 heavy (non-hydrogen) atoms. The van der Waals surface area contributed by atoms with Crippen molar-refractivity contribution in [3.63, 3.8) is 0 Å². The van der Waals surface area contributed by atoms with Gasteiger partial charge >= 0.3 is 0 Å². The Hall–Kier alpha value is -2.05. The van der Waals surface area contributed by atoms with Crippen molar-refractivity contribution in [3.8, 4) is 5.75 Å². The van der Waals surface area contributed by atoms with E-state index in [1.54, 1.807) is 4.90 Å². The molecule has 132 valence electrons. The molecule has 0 atom stereocenters. The molecule has 1 saturated heterocycles. The van der Waals surface area contributed by atoms with Crippen molar-refractivity contribution in [2.75, 3.05) is 50.1 Å². The third-order valence-electron chi connectivity index (χ3n) is 4.30. The minimum Gasteiger partial charge on any atom is -0.484 e. The van der Waals surface area contributed by atoms with Crippen LogP contribution in [0.1, 0.15) is 0 Å². The number of quaternary nitrogens is 1. The van der Waals surface area contributed by atoms with E-state index < -0.39 is 0 Å². The van der Waals surface area contributed by atoms with Crippen molar-refractivity contribution >= 4 is 33.2 Å². The fourth-order valence-electron chi connectivity index (χ4n) is 2.80. The summed E-state index contributed by atoms with van der Waals surface area (Å²) in [4.78, 5) is 16.0. The Morgan fingerprint density at radius 2 is 1.92 bits per heavy atom. The van der Waals surface area contributed by atoms with Crippen molar-refractivity contribution in [2.24, 2.45) is 0 Å². The van der Waals surface area contributed by atoms with E-state index in [0.29, 0.717) is 5.75 Å². The molecular formula is C19H23BrN3O2+. The van der Waals surface area contributed by atoms with E-state index in [0.717, 1.165) is 36.3 Å². The second-order valence-corrected chi connectivity index (χ2v) is 7.20. The van der Waals surface area contributed by atoms with Gasteiger partial charge in [-0.1, -0.05) is 22.0 Å². The van der Waals surface area contributed by atoms with E-state index in [4.69, 9.17) is 4.74 Å². The summed E-state index contributed by atoms with van der Waals surface area (Å²) in [6.07, 6.45) is 0. The summed E-state index contributed by atoms with van der Waals surface area (Å²) in [7, 11) is 2.23. The van der Waals surface area contributed by atoms with Gasteiger partial charge in [0.25, 0.3) is 5.91 Å². The standard InChI is InChI=1S/C19H22BrN3O2/c1-22-9-11-23(12-10-22)17-7-5-16(6-8-17)21-19(24)14-25-18-4-2-3-15(20)13-18/h2-8,13H,9-12,14H2,1H3,(H,21,24)/p+1. The van der Waals surface area contributed by atoms with Crippen LogP contribution in [0.2, 0.25) is 0 Å². The second kappa shape index (κ2) is 8.36. The molecule has 0 radical (unpaired) electrons. The number of anilines is 2. The first kappa shape index (κ1) is 17.8. The molecule has 0 aromatic heterocycles. The minimum atomic E-state index is -0.170. The number of benzene rings is 2. The first-order valence-corrected chi connectivity index (χ1v) is 9.24. The van der Waals surface area contributed by atoms with Gasteiger partial charge in [-0.15, -0.1) is 0 Å². The molecule has 2 N–H and O–H groups in total. The number of hydrogen-bond acceptors (Lipinski definition) is 3. The van der Waals surface area contributed by atoms with Gasteiger partial charge in [-0.2, -0.15) is 0 Å². The summed E-state index contributed by atoms with van der Waals surface area (Å²) in [6, 6.07) is 15.4. The van der Waals surface area contributed by atoms with Gasteiger partial charge in [0, 0.05) is 15.8 Å². The van der Waals surface area contributed by atoms with E-state index >= 15 is 0 Å². The van der Waals surface area contributed by atoms with Gasteiger partial charge in [-0.05, 0) is 42.5 Å². The van der Waals surface area contributed by atoms with Crippen LogP contribution in [0.15, 0.2) is 53.0 Å². The average Bonchev–Trinajstić information content (AvgIpc) is 2.62. The third kappa shape index (κ3) is 5.21. The van der Waals surface area contributed by atoms with Crippen molar-refractivity contribution < 1.29 is 14.4 Å². The molecule has 0 saturated carbocycles. The number of amides is 1. The zero-order valence-corrected chi connectivity index (χ0v) is 15.9. The molecule has 1 aliphatic rings. The molecule has 6 heteroatoms. The Labute approximate surface area is 156 Å². The van der Waals surface area contributed by atoms with Gasteiger partial charge in [0.1, 0.15) is 5.75 Å². The maximum Gasteiger partial charge on any atom is 0.262 e. The van der Waals surface area contributed by atoms with Gasteiger partial charge in [0.15, 0.2) is 6.61 Å². The van der Waals surface area contributed by atoms with Crippen LogP contribution in [0.4, 0.5) is 11.4 Å². The largest absolute Gasteiger partial charge is 0.484 e. The van der Waals surface area contributed by atoms with Gasteiger partial charge in [0.05, 0.1) is 33.2 Å². The van der Waals surface area contributed by atoms with Crippen LogP contribution in [0.3, 0.4) is 0 Å². The number of ether oxygens (including phenoxy) is 1. The molecule has 0 bridgehead atoms. The summed E-state index contributed by atoms with van der Waals surface area (Å²) in [5, 5.41) is 2.87. The van der Waals surface area contributed by atoms with Crippen molar-refractivity contribution in [1.29, 1.82) is 0 Å². The monoisotopic (exact) mass is 404 g/mol. The number of halogens is 1. The molecule has 0 spiro atoms. The summed E-state index contributed by atoms with van der Waals surface area (Å²) >= 11 is 3.38. The number of likely N-dealkylation sites (N-methyl/N-ethyl adjacent to an activating group) is 1. The van der Waals surface area contributed by atoms with Crippen LogP contribution in [-0.2, 0) is 4.79 Å². The predicted octanol–water partition coefficient (Wildman–Crippen LogP) is 1.80. The number of carbonyl (C=O) groups is 1. The van der Waals surface area contributed by atoms with Gasteiger partial charge in [0.2, 0.25) is 0 Å². The molecule has 1 fully saturated rings. The maximum atomic E-state index is 12.0. The topological polar surface area (TPSA) is 46.0 Å². The number of rotatable bonds is 5. The Morgan fingerprint density at radius 3 is 2.60 bits per heavy atom. The highest BCUT2D eigenvalue weighted by Gasteiger charge is 2.16. The van der Waals surface area contributed by atoms with Crippen molar-refractivity contribution in [2.45, 2.75) is 0 Å². The minimum absolute atomic E-state index is 0.0144. The number of hydrogen-bond donors (Lipinski definition) is 2. The van der Waals surface area contributed by atoms with E-state index in [-0.39, 0.29) is 12.5 Å². The highest BCUT2D eigenvalue weighted by atomic mass is 79.9. The van der Waals surface area contributed by atoms with Crippen LogP contribution in [0.25, 0.3) is 0 Å². The summed E-state index contributed by atoms with van der Waals surface area (Å²) < 4.78 is 6.42. The van der Waals surface area contributed by atoms with Crippen molar-refractivity contribution in [1.82, 2.24) is 0 Å². The van der Waals surface area contributed by atoms with Crippen LogP contribution < -0.4 is 19.9 Å². The molecule has 1 aliphatic heterocycles. The van der Waals surface area contributed by atoms with E-state index in [9.17, 15) is 4.79 Å². The highest BCUT2D eigenvalue weighted by molar-refractivity contribution is 9.10. The molecule has 3 rings (SSSR count). The molecule has 5 nitrogen and oxygen atoms in total. The van der Waals surface area contributed by atoms with Gasteiger partial charge in [-0.25, -0.2) is 0 Å². The Kier molecular flexibility index (Phi) is 5.94. The lowest BCUT2D eigenvalue weighted by atomic mass is 10.2. The maximum absolute atomic E-state index is 12.0. The summed E-state index contributed by atoms with van der Waals surface area (Å²) in [5.74, 6) is 0.494. The van der Waals surface area contributed by atoms with Gasteiger partial charge < -0.3 is 19.9 Å². The Bertz CT molecular complexity index is 713. The third-order valence-corrected chi connectivity index (χ3v) is 4.79. The van der Waals surface area contributed by atoms with Crippen LogP contribution in [0, 0.1) is 0 Å². The van der Waals surface area contributed by atoms with Crippen LogP contribution in [0.5, 0.6) is 5.75 Å². The second-order valence-electron chi connectivity index (χ2n) is 6.29. The summed E-state index contributed by atoms with van der Waals surface area (Å²) in [6.45, 7) is 4.44. The predicted molar refractivity (Wildman–Crippen MR) is 104 cm³/mol. The molecule has 1 amide bonds. The fraction of sp³-hybridized carbons (Fsp3) is 0.316.